The Morgan fingerprint density at radius 2 is 1.89 bits per heavy atom. The molecule has 1 amide bonds. The van der Waals surface area contributed by atoms with Crippen LogP contribution in [0.2, 0.25) is 0 Å². The lowest BCUT2D eigenvalue weighted by Crippen LogP contribution is -2.24. The van der Waals surface area contributed by atoms with Crippen LogP contribution in [0.4, 0.5) is 15.8 Å². The summed E-state index contributed by atoms with van der Waals surface area (Å²) in [4.78, 5) is 14.2. The van der Waals surface area contributed by atoms with E-state index in [2.05, 4.69) is 0 Å². The van der Waals surface area contributed by atoms with E-state index in [-0.39, 0.29) is 17.9 Å². The Labute approximate surface area is 164 Å². The van der Waals surface area contributed by atoms with Gasteiger partial charge < -0.3 is 20.1 Å². The molecule has 1 saturated heterocycles. The van der Waals surface area contributed by atoms with Gasteiger partial charge in [-0.3, -0.25) is 4.79 Å². The number of anilines is 2. The van der Waals surface area contributed by atoms with E-state index in [1.807, 2.05) is 18.2 Å². The summed E-state index contributed by atoms with van der Waals surface area (Å²) < 4.78 is 25.3. The van der Waals surface area contributed by atoms with Crippen LogP contribution in [0.3, 0.4) is 0 Å². The first-order valence-electron chi connectivity index (χ1n) is 9.74. The maximum atomic E-state index is 13.7. The normalized spacial score (nSPS) is 20.0. The molecule has 0 unspecified atom stereocenters. The zero-order valence-corrected chi connectivity index (χ0v) is 16.0. The molecule has 148 valence electrons. The van der Waals surface area contributed by atoms with Crippen LogP contribution in [0, 0.1) is 5.82 Å². The molecule has 2 aliphatic rings. The lowest BCUT2D eigenvalue weighted by molar-refractivity contribution is -0.117. The first kappa shape index (κ1) is 18.6. The highest BCUT2D eigenvalue weighted by Gasteiger charge is 2.32. The molecule has 2 N–H and O–H groups in total. The molecule has 2 aromatic rings. The number of carbonyl (C=O) groups excluding carboxylic acids is 1. The number of rotatable bonds is 5. The summed E-state index contributed by atoms with van der Waals surface area (Å²) in [6.07, 6.45) is 5.09. The summed E-state index contributed by atoms with van der Waals surface area (Å²) in [5, 5.41) is 0. The molecule has 28 heavy (non-hydrogen) atoms. The lowest BCUT2D eigenvalue weighted by Gasteiger charge is -2.19. The maximum Gasteiger partial charge on any atom is 0.227 e. The maximum absolute atomic E-state index is 13.7. The number of hydrogen-bond donors (Lipinski definition) is 1. The van der Waals surface area contributed by atoms with E-state index in [0.29, 0.717) is 30.1 Å². The molecule has 1 aliphatic heterocycles. The second-order valence-corrected chi connectivity index (χ2v) is 7.58. The van der Waals surface area contributed by atoms with Gasteiger partial charge in [-0.15, -0.1) is 0 Å². The quantitative estimate of drug-likeness (QED) is 0.783. The number of nitrogens with two attached hydrogens (primary N) is 1. The van der Waals surface area contributed by atoms with Crippen molar-refractivity contribution in [2.45, 2.75) is 44.1 Å². The first-order valence-corrected chi connectivity index (χ1v) is 9.74. The Morgan fingerprint density at radius 3 is 2.61 bits per heavy atom. The molecule has 0 radical (unpaired) electrons. The van der Waals surface area contributed by atoms with Gasteiger partial charge in [0.15, 0.2) is 11.5 Å². The highest BCUT2D eigenvalue weighted by atomic mass is 19.1. The average Bonchev–Trinajstić information content (AvgIpc) is 3.30. The van der Waals surface area contributed by atoms with E-state index in [1.165, 1.54) is 25.0 Å². The van der Waals surface area contributed by atoms with Gasteiger partial charge in [0, 0.05) is 30.3 Å². The van der Waals surface area contributed by atoms with E-state index >= 15 is 0 Å². The van der Waals surface area contributed by atoms with Crippen molar-refractivity contribution in [2.24, 2.45) is 0 Å². The summed E-state index contributed by atoms with van der Waals surface area (Å²) in [7, 11) is 1.63. The van der Waals surface area contributed by atoms with Crippen LogP contribution in [0.5, 0.6) is 11.5 Å². The SMILES string of the molecule is COc1ccc([C@@H]2CC(=O)N(c3cc(N)cc(F)c3)C2)cc1OC1CCCC1. The minimum Gasteiger partial charge on any atom is -0.493 e. The van der Waals surface area contributed by atoms with Crippen LogP contribution in [-0.2, 0) is 4.79 Å². The van der Waals surface area contributed by atoms with Gasteiger partial charge in [0.2, 0.25) is 5.91 Å². The van der Waals surface area contributed by atoms with E-state index < -0.39 is 5.82 Å². The number of nitrogens with zero attached hydrogens (tertiary/aromatic N) is 1. The second-order valence-electron chi connectivity index (χ2n) is 7.58. The predicted octanol–water partition coefficient (Wildman–Crippen LogP) is 4.26. The van der Waals surface area contributed by atoms with E-state index in [4.69, 9.17) is 15.2 Å². The van der Waals surface area contributed by atoms with Crippen LogP contribution in [0.15, 0.2) is 36.4 Å². The van der Waals surface area contributed by atoms with Crippen LogP contribution in [0.25, 0.3) is 0 Å². The fraction of sp³-hybridized carbons (Fsp3) is 0.409. The van der Waals surface area contributed by atoms with E-state index in [0.717, 1.165) is 24.2 Å². The predicted molar refractivity (Wildman–Crippen MR) is 106 cm³/mol. The Morgan fingerprint density at radius 1 is 1.11 bits per heavy atom. The summed E-state index contributed by atoms with van der Waals surface area (Å²) in [6.45, 7) is 0.483. The number of amides is 1. The van der Waals surface area contributed by atoms with Gasteiger partial charge in [-0.1, -0.05) is 6.07 Å². The molecule has 0 spiro atoms. The molecule has 5 nitrogen and oxygen atoms in total. The van der Waals surface area contributed by atoms with Crippen molar-refractivity contribution in [1.29, 1.82) is 0 Å². The molecular weight excluding hydrogens is 359 g/mol. The van der Waals surface area contributed by atoms with Crippen molar-refractivity contribution in [3.63, 3.8) is 0 Å². The molecule has 1 atom stereocenters. The summed E-state index contributed by atoms with van der Waals surface area (Å²) in [6, 6.07) is 10.1. The van der Waals surface area contributed by atoms with E-state index in [9.17, 15) is 9.18 Å². The van der Waals surface area contributed by atoms with Crippen molar-refractivity contribution in [2.75, 3.05) is 24.3 Å². The largest absolute Gasteiger partial charge is 0.493 e. The number of benzene rings is 2. The van der Waals surface area contributed by atoms with Crippen LogP contribution in [0.1, 0.15) is 43.6 Å². The van der Waals surface area contributed by atoms with Crippen molar-refractivity contribution < 1.29 is 18.7 Å². The second kappa shape index (κ2) is 7.70. The van der Waals surface area contributed by atoms with Gasteiger partial charge in [0.05, 0.1) is 13.2 Å². The van der Waals surface area contributed by atoms with Crippen molar-refractivity contribution in [3.8, 4) is 11.5 Å². The van der Waals surface area contributed by atoms with Gasteiger partial charge in [0.1, 0.15) is 5.82 Å². The number of hydrogen-bond acceptors (Lipinski definition) is 4. The Kier molecular flexibility index (Phi) is 5.11. The summed E-state index contributed by atoms with van der Waals surface area (Å²) in [5.41, 5.74) is 7.57. The van der Waals surface area contributed by atoms with Crippen LogP contribution in [-0.4, -0.2) is 25.7 Å². The molecule has 2 fully saturated rings. The molecule has 1 heterocycles. The van der Waals surface area contributed by atoms with Gasteiger partial charge >= 0.3 is 0 Å². The van der Waals surface area contributed by atoms with Gasteiger partial charge in [-0.05, 0) is 61.6 Å². The highest BCUT2D eigenvalue weighted by molar-refractivity contribution is 5.96. The molecule has 0 bridgehead atoms. The van der Waals surface area contributed by atoms with Crippen molar-refractivity contribution in [1.82, 2.24) is 0 Å². The average molecular weight is 384 g/mol. The number of nitrogen functional groups attached to an aromatic ring is 1. The Bertz CT molecular complexity index is 860. The number of ether oxygens (including phenoxy) is 2. The minimum atomic E-state index is -0.442. The zero-order chi connectivity index (χ0) is 19.7. The van der Waals surface area contributed by atoms with E-state index in [1.54, 1.807) is 18.1 Å². The van der Waals surface area contributed by atoms with Gasteiger partial charge in [0.25, 0.3) is 0 Å². The molecule has 1 aliphatic carbocycles. The lowest BCUT2D eigenvalue weighted by atomic mass is 9.98. The molecule has 2 aromatic carbocycles. The number of carbonyl (C=O) groups is 1. The van der Waals surface area contributed by atoms with Crippen LogP contribution < -0.4 is 20.1 Å². The topological polar surface area (TPSA) is 64.8 Å². The number of halogens is 1. The highest BCUT2D eigenvalue weighted by Crippen LogP contribution is 2.38. The molecular formula is C22H25FN2O3. The Hall–Kier alpha value is -2.76. The monoisotopic (exact) mass is 384 g/mol. The zero-order valence-electron chi connectivity index (χ0n) is 16.0. The van der Waals surface area contributed by atoms with Crippen LogP contribution >= 0.6 is 0 Å². The minimum absolute atomic E-state index is 0.00817. The summed E-state index contributed by atoms with van der Waals surface area (Å²) in [5.74, 6) is 0.961. The third-order valence-electron chi connectivity index (χ3n) is 5.60. The molecule has 1 saturated carbocycles. The fourth-order valence-corrected chi connectivity index (χ4v) is 4.16. The van der Waals surface area contributed by atoms with Gasteiger partial charge in [-0.25, -0.2) is 4.39 Å². The smallest absolute Gasteiger partial charge is 0.227 e. The van der Waals surface area contributed by atoms with Gasteiger partial charge in [-0.2, -0.15) is 0 Å². The van der Waals surface area contributed by atoms with Crippen molar-refractivity contribution >= 4 is 17.3 Å². The van der Waals surface area contributed by atoms with Crippen molar-refractivity contribution in [3.05, 3.63) is 47.8 Å². The molecule has 4 rings (SSSR count). The Balaban J connectivity index is 1.56. The fourth-order valence-electron chi connectivity index (χ4n) is 4.16. The molecule has 6 heteroatoms. The number of methoxy groups -OCH3 is 1. The third kappa shape index (κ3) is 3.77. The standard InChI is InChI=1S/C22H25FN2O3/c1-27-20-7-6-14(8-21(20)28-19-4-2-3-5-19)15-9-22(26)25(13-15)18-11-16(23)10-17(24)12-18/h6-8,10-12,15,19H,2-5,9,13,24H2,1H3/t15-/m1/s1. The summed E-state index contributed by atoms with van der Waals surface area (Å²) >= 11 is 0. The third-order valence-corrected chi connectivity index (χ3v) is 5.60. The molecule has 0 aromatic heterocycles. The first-order chi connectivity index (χ1) is 13.5.